The maximum atomic E-state index is 11.9. The molecule has 1 amide bonds. The van der Waals surface area contributed by atoms with Crippen molar-refractivity contribution >= 4 is 17.3 Å². The summed E-state index contributed by atoms with van der Waals surface area (Å²) in [5.74, 6) is 0.596. The van der Waals surface area contributed by atoms with E-state index < -0.39 is 0 Å². The average Bonchev–Trinajstić information content (AvgIpc) is 2.54. The highest BCUT2D eigenvalue weighted by atomic mass is 16.5. The monoisotopic (exact) mass is 311 g/mol. The fourth-order valence-corrected chi connectivity index (χ4v) is 1.94. The van der Waals surface area contributed by atoms with Crippen LogP contribution in [0.5, 0.6) is 5.75 Å². The minimum atomic E-state index is -0.228. The number of pyridine rings is 1. The highest BCUT2D eigenvalue weighted by Crippen LogP contribution is 2.21. The number of carbonyl (C=O) groups excluding carboxylic acids is 1. The van der Waals surface area contributed by atoms with Gasteiger partial charge in [-0.1, -0.05) is 6.08 Å². The van der Waals surface area contributed by atoms with Gasteiger partial charge in [0.1, 0.15) is 11.4 Å². The molecule has 0 fully saturated rings. The van der Waals surface area contributed by atoms with E-state index in [1.165, 1.54) is 0 Å². The summed E-state index contributed by atoms with van der Waals surface area (Å²) in [6, 6.07) is 11.2. The Labute approximate surface area is 136 Å². The number of nitrogens with one attached hydrogen (secondary N) is 2. The van der Waals surface area contributed by atoms with Crippen LogP contribution in [0.15, 0.2) is 55.3 Å². The first-order chi connectivity index (χ1) is 11.1. The van der Waals surface area contributed by atoms with Crippen molar-refractivity contribution < 1.29 is 9.53 Å². The van der Waals surface area contributed by atoms with Crippen molar-refractivity contribution in [2.75, 3.05) is 11.9 Å². The van der Waals surface area contributed by atoms with Gasteiger partial charge in [0.05, 0.1) is 6.10 Å². The van der Waals surface area contributed by atoms with Gasteiger partial charge in [-0.05, 0) is 50.2 Å². The van der Waals surface area contributed by atoms with Crippen LogP contribution in [-0.4, -0.2) is 23.5 Å². The molecule has 0 aliphatic heterocycles. The third-order valence-corrected chi connectivity index (χ3v) is 2.91. The quantitative estimate of drug-likeness (QED) is 0.768. The van der Waals surface area contributed by atoms with Crippen molar-refractivity contribution in [3.63, 3.8) is 0 Å². The van der Waals surface area contributed by atoms with Gasteiger partial charge >= 0.3 is 0 Å². The number of ether oxygens (including phenoxy) is 1. The van der Waals surface area contributed by atoms with Gasteiger partial charge in [0.15, 0.2) is 0 Å². The maximum Gasteiger partial charge on any atom is 0.270 e. The standard InChI is InChI=1S/C18H21N3O2/c1-4-10-20-18(22)17-12-15(9-11-19-17)21-14-5-7-16(8-6-14)23-13(2)3/h4-9,11-13H,1,10H2,2-3H3,(H,19,21)(H,20,22). The molecule has 1 aromatic heterocycles. The number of hydrogen-bond acceptors (Lipinski definition) is 4. The maximum absolute atomic E-state index is 11.9. The zero-order valence-electron chi connectivity index (χ0n) is 13.4. The largest absolute Gasteiger partial charge is 0.491 e. The van der Waals surface area contributed by atoms with Crippen molar-refractivity contribution in [1.82, 2.24) is 10.3 Å². The first-order valence-corrected chi connectivity index (χ1v) is 7.47. The molecular formula is C18H21N3O2. The van der Waals surface area contributed by atoms with Crippen molar-refractivity contribution in [2.45, 2.75) is 20.0 Å². The molecule has 0 atom stereocenters. The molecule has 0 saturated heterocycles. The molecule has 2 N–H and O–H groups in total. The van der Waals surface area contributed by atoms with E-state index in [1.54, 1.807) is 18.3 Å². The summed E-state index contributed by atoms with van der Waals surface area (Å²) in [4.78, 5) is 16.0. The Hall–Kier alpha value is -2.82. The van der Waals surface area contributed by atoms with Crippen LogP contribution in [0.4, 0.5) is 11.4 Å². The summed E-state index contributed by atoms with van der Waals surface area (Å²) in [7, 11) is 0. The molecule has 1 aromatic carbocycles. The summed E-state index contributed by atoms with van der Waals surface area (Å²) >= 11 is 0. The number of anilines is 2. The molecular weight excluding hydrogens is 290 g/mol. The molecule has 0 unspecified atom stereocenters. The van der Waals surface area contributed by atoms with Gasteiger partial charge in [-0.3, -0.25) is 9.78 Å². The molecule has 0 spiro atoms. The van der Waals surface area contributed by atoms with E-state index in [0.29, 0.717) is 12.2 Å². The normalized spacial score (nSPS) is 10.2. The van der Waals surface area contributed by atoms with Crippen molar-refractivity contribution in [2.24, 2.45) is 0 Å². The number of benzene rings is 1. The molecule has 5 nitrogen and oxygen atoms in total. The summed E-state index contributed by atoms with van der Waals surface area (Å²) < 4.78 is 5.61. The van der Waals surface area contributed by atoms with Crippen LogP contribution in [0, 0.1) is 0 Å². The number of nitrogens with zero attached hydrogens (tertiary/aromatic N) is 1. The fourth-order valence-electron chi connectivity index (χ4n) is 1.94. The van der Waals surface area contributed by atoms with Crippen molar-refractivity contribution in [3.05, 3.63) is 60.9 Å². The topological polar surface area (TPSA) is 63.2 Å². The Morgan fingerprint density at radius 1 is 1.26 bits per heavy atom. The zero-order chi connectivity index (χ0) is 16.7. The van der Waals surface area contributed by atoms with Gasteiger partial charge in [-0.25, -0.2) is 0 Å². The highest BCUT2D eigenvalue weighted by Gasteiger charge is 2.07. The summed E-state index contributed by atoms with van der Waals surface area (Å²) in [6.45, 7) is 7.96. The minimum absolute atomic E-state index is 0.144. The molecule has 0 aliphatic carbocycles. The highest BCUT2D eigenvalue weighted by molar-refractivity contribution is 5.93. The second-order valence-corrected chi connectivity index (χ2v) is 5.24. The average molecular weight is 311 g/mol. The zero-order valence-corrected chi connectivity index (χ0v) is 13.4. The van der Waals surface area contributed by atoms with E-state index in [4.69, 9.17) is 4.74 Å². The molecule has 0 saturated carbocycles. The Balaban J connectivity index is 2.05. The van der Waals surface area contributed by atoms with Gasteiger partial charge in [-0.2, -0.15) is 0 Å². The molecule has 0 radical (unpaired) electrons. The lowest BCUT2D eigenvalue weighted by molar-refractivity contribution is 0.0953. The third-order valence-electron chi connectivity index (χ3n) is 2.91. The third kappa shape index (κ3) is 5.14. The predicted octanol–water partition coefficient (Wildman–Crippen LogP) is 3.53. The van der Waals surface area contributed by atoms with Gasteiger partial charge < -0.3 is 15.4 Å². The number of carbonyl (C=O) groups is 1. The lowest BCUT2D eigenvalue weighted by Gasteiger charge is -2.11. The number of hydrogen-bond donors (Lipinski definition) is 2. The van der Waals surface area contributed by atoms with Crippen LogP contribution in [0.1, 0.15) is 24.3 Å². The molecule has 2 aromatic rings. The predicted molar refractivity (Wildman–Crippen MR) is 92.3 cm³/mol. The molecule has 0 bridgehead atoms. The summed E-state index contributed by atoms with van der Waals surface area (Å²) in [6.07, 6.45) is 3.37. The Morgan fingerprint density at radius 2 is 2.00 bits per heavy atom. The van der Waals surface area contributed by atoms with Crippen molar-refractivity contribution in [3.8, 4) is 5.75 Å². The van der Waals surface area contributed by atoms with Gasteiger partial charge in [-0.15, -0.1) is 6.58 Å². The van der Waals surface area contributed by atoms with E-state index in [1.807, 2.05) is 44.2 Å². The number of aromatic nitrogens is 1. The minimum Gasteiger partial charge on any atom is -0.491 e. The molecule has 0 aliphatic rings. The second-order valence-electron chi connectivity index (χ2n) is 5.24. The van der Waals surface area contributed by atoms with Crippen LogP contribution in [0.25, 0.3) is 0 Å². The fraction of sp³-hybridized carbons (Fsp3) is 0.222. The molecule has 2 rings (SSSR count). The molecule has 5 heteroatoms. The second kappa shape index (κ2) is 7.98. The van der Waals surface area contributed by atoms with Crippen LogP contribution in [-0.2, 0) is 0 Å². The van der Waals surface area contributed by atoms with Crippen LogP contribution >= 0.6 is 0 Å². The lowest BCUT2D eigenvalue weighted by Crippen LogP contribution is -2.24. The Kier molecular flexibility index (Phi) is 5.74. The number of rotatable bonds is 7. The SMILES string of the molecule is C=CCNC(=O)c1cc(Nc2ccc(OC(C)C)cc2)ccn1. The van der Waals surface area contributed by atoms with Crippen molar-refractivity contribution in [1.29, 1.82) is 0 Å². The van der Waals surface area contributed by atoms with Crippen LogP contribution < -0.4 is 15.4 Å². The van der Waals surface area contributed by atoms with Gasteiger partial charge in [0.2, 0.25) is 0 Å². The van der Waals surface area contributed by atoms with E-state index in [0.717, 1.165) is 17.1 Å². The molecule has 1 heterocycles. The van der Waals surface area contributed by atoms with Crippen LogP contribution in [0.3, 0.4) is 0 Å². The van der Waals surface area contributed by atoms with E-state index in [9.17, 15) is 4.79 Å². The smallest absolute Gasteiger partial charge is 0.270 e. The van der Waals surface area contributed by atoms with E-state index >= 15 is 0 Å². The van der Waals surface area contributed by atoms with E-state index in [-0.39, 0.29) is 12.0 Å². The first kappa shape index (κ1) is 16.5. The summed E-state index contributed by atoms with van der Waals surface area (Å²) in [5, 5.41) is 5.94. The lowest BCUT2D eigenvalue weighted by atomic mass is 10.2. The Morgan fingerprint density at radius 3 is 2.65 bits per heavy atom. The first-order valence-electron chi connectivity index (χ1n) is 7.47. The van der Waals surface area contributed by atoms with Gasteiger partial charge in [0.25, 0.3) is 5.91 Å². The van der Waals surface area contributed by atoms with E-state index in [2.05, 4.69) is 22.2 Å². The summed E-state index contributed by atoms with van der Waals surface area (Å²) in [5.41, 5.74) is 2.06. The molecule has 23 heavy (non-hydrogen) atoms. The van der Waals surface area contributed by atoms with Crippen LogP contribution in [0.2, 0.25) is 0 Å². The Bertz CT molecular complexity index is 666. The number of amides is 1. The molecule has 120 valence electrons. The van der Waals surface area contributed by atoms with Gasteiger partial charge in [0, 0.05) is 24.1 Å².